The van der Waals surface area contributed by atoms with Gasteiger partial charge in [0.05, 0.1) is 24.0 Å². The summed E-state index contributed by atoms with van der Waals surface area (Å²) >= 11 is 0. The molecule has 130 valence electrons. The summed E-state index contributed by atoms with van der Waals surface area (Å²) in [4.78, 5) is 29.4. The Bertz CT molecular complexity index is 911. The van der Waals surface area contributed by atoms with Crippen LogP contribution in [0, 0.1) is 0 Å². The van der Waals surface area contributed by atoms with Gasteiger partial charge in [0.2, 0.25) is 0 Å². The summed E-state index contributed by atoms with van der Waals surface area (Å²) in [6.45, 7) is 1.32. The van der Waals surface area contributed by atoms with E-state index < -0.39 is 0 Å². The molecule has 0 spiro atoms. The highest BCUT2D eigenvalue weighted by atomic mass is 16.2. The summed E-state index contributed by atoms with van der Waals surface area (Å²) < 4.78 is 0. The second-order valence-corrected chi connectivity index (χ2v) is 6.29. The van der Waals surface area contributed by atoms with E-state index in [4.69, 9.17) is 0 Å². The summed E-state index contributed by atoms with van der Waals surface area (Å²) in [5, 5.41) is 0. The van der Waals surface area contributed by atoms with Gasteiger partial charge < -0.3 is 9.80 Å². The number of carbonyl (C=O) groups is 1. The molecule has 0 N–H and O–H groups in total. The van der Waals surface area contributed by atoms with Crippen molar-refractivity contribution in [1.29, 1.82) is 0 Å². The summed E-state index contributed by atoms with van der Waals surface area (Å²) in [6.07, 6.45) is 7.60. The van der Waals surface area contributed by atoms with Crippen molar-refractivity contribution in [1.82, 2.24) is 15.0 Å². The predicted molar refractivity (Wildman–Crippen MR) is 100 cm³/mol. The first kappa shape index (κ1) is 16.2. The van der Waals surface area contributed by atoms with Crippen LogP contribution in [0.3, 0.4) is 0 Å². The molecule has 3 heterocycles. The lowest BCUT2D eigenvalue weighted by Crippen LogP contribution is -2.29. The Hall–Kier alpha value is -3.28. The fourth-order valence-corrected chi connectivity index (χ4v) is 3.18. The normalized spacial score (nSPS) is 12.7. The largest absolute Gasteiger partial charge is 0.354 e. The average Bonchev–Trinajstić information content (AvgIpc) is 3.12. The monoisotopic (exact) mass is 345 g/mol. The van der Waals surface area contributed by atoms with Crippen molar-refractivity contribution in [2.24, 2.45) is 0 Å². The summed E-state index contributed by atoms with van der Waals surface area (Å²) in [5.41, 5.74) is 3.68. The van der Waals surface area contributed by atoms with E-state index in [1.165, 1.54) is 5.56 Å². The summed E-state index contributed by atoms with van der Waals surface area (Å²) in [5.74, 6) is 0.777. The molecule has 6 heteroatoms. The number of amides is 1. The standard InChI is InChI=1S/C20H19N5O/c1-24(14-17-13-21-9-10-22-17)19-7-6-16(12-23-19)20(26)25-11-8-15-4-2-3-5-18(15)25/h2-7,9-10,12-13H,8,11,14H2,1H3. The summed E-state index contributed by atoms with van der Waals surface area (Å²) in [7, 11) is 1.94. The Labute approximate surface area is 152 Å². The molecule has 1 aliphatic rings. The molecule has 0 aliphatic carbocycles. The Morgan fingerprint density at radius 1 is 1.12 bits per heavy atom. The minimum atomic E-state index is -0.00872. The second kappa shape index (κ2) is 6.92. The van der Waals surface area contributed by atoms with Gasteiger partial charge in [-0.25, -0.2) is 4.98 Å². The molecule has 6 nitrogen and oxygen atoms in total. The van der Waals surface area contributed by atoms with Crippen LogP contribution < -0.4 is 9.80 Å². The molecule has 0 saturated carbocycles. The third-order valence-corrected chi connectivity index (χ3v) is 4.53. The van der Waals surface area contributed by atoms with Crippen LogP contribution in [0.5, 0.6) is 0 Å². The van der Waals surface area contributed by atoms with Gasteiger partial charge in [0.15, 0.2) is 0 Å². The molecule has 26 heavy (non-hydrogen) atoms. The molecule has 1 amide bonds. The highest BCUT2D eigenvalue weighted by molar-refractivity contribution is 6.07. The van der Waals surface area contributed by atoms with Crippen LogP contribution >= 0.6 is 0 Å². The van der Waals surface area contributed by atoms with E-state index in [0.717, 1.165) is 23.6 Å². The van der Waals surface area contributed by atoms with Crippen LogP contribution in [0.25, 0.3) is 0 Å². The summed E-state index contributed by atoms with van der Waals surface area (Å²) in [6, 6.07) is 11.7. The molecule has 0 atom stereocenters. The number of pyridine rings is 1. The van der Waals surface area contributed by atoms with Crippen molar-refractivity contribution >= 4 is 17.4 Å². The van der Waals surface area contributed by atoms with Crippen LogP contribution in [-0.4, -0.2) is 34.5 Å². The minimum Gasteiger partial charge on any atom is -0.354 e. The van der Waals surface area contributed by atoms with Gasteiger partial charge >= 0.3 is 0 Å². The van der Waals surface area contributed by atoms with Gasteiger partial charge in [-0.3, -0.25) is 14.8 Å². The Morgan fingerprint density at radius 3 is 2.77 bits per heavy atom. The second-order valence-electron chi connectivity index (χ2n) is 6.29. The molecule has 1 aliphatic heterocycles. The van der Waals surface area contributed by atoms with Crippen LogP contribution in [0.2, 0.25) is 0 Å². The fourth-order valence-electron chi connectivity index (χ4n) is 3.18. The van der Waals surface area contributed by atoms with Crippen molar-refractivity contribution in [3.05, 3.63) is 78.0 Å². The maximum Gasteiger partial charge on any atom is 0.259 e. The molecule has 0 fully saturated rings. The molecule has 1 aromatic carbocycles. The molecule has 0 saturated heterocycles. The number of rotatable bonds is 4. The van der Waals surface area contributed by atoms with Crippen LogP contribution in [0.15, 0.2) is 61.2 Å². The average molecular weight is 345 g/mol. The number of aromatic nitrogens is 3. The van der Waals surface area contributed by atoms with Crippen molar-refractivity contribution in [2.75, 3.05) is 23.4 Å². The van der Waals surface area contributed by atoms with Gasteiger partial charge in [0.1, 0.15) is 5.82 Å². The first-order valence-electron chi connectivity index (χ1n) is 8.54. The van der Waals surface area contributed by atoms with Crippen LogP contribution in [0.4, 0.5) is 11.5 Å². The minimum absolute atomic E-state index is 0.00872. The van der Waals surface area contributed by atoms with E-state index in [9.17, 15) is 4.79 Å². The third-order valence-electron chi connectivity index (χ3n) is 4.53. The molecule has 0 bridgehead atoms. The zero-order valence-corrected chi connectivity index (χ0v) is 14.5. The number of nitrogens with zero attached hydrogens (tertiary/aromatic N) is 5. The van der Waals surface area contributed by atoms with Crippen LogP contribution in [0.1, 0.15) is 21.6 Å². The zero-order valence-electron chi connectivity index (χ0n) is 14.5. The molecule has 2 aromatic heterocycles. The van der Waals surface area contributed by atoms with E-state index in [-0.39, 0.29) is 5.91 Å². The number of fused-ring (bicyclic) bond motifs is 1. The third kappa shape index (κ3) is 3.13. The quantitative estimate of drug-likeness (QED) is 0.727. The Kier molecular flexibility index (Phi) is 4.31. The molecular weight excluding hydrogens is 326 g/mol. The van der Waals surface area contributed by atoms with E-state index in [0.29, 0.717) is 18.7 Å². The van der Waals surface area contributed by atoms with E-state index in [1.54, 1.807) is 24.8 Å². The van der Waals surface area contributed by atoms with E-state index in [1.807, 2.05) is 47.2 Å². The van der Waals surface area contributed by atoms with Gasteiger partial charge in [-0.1, -0.05) is 18.2 Å². The maximum absolute atomic E-state index is 12.8. The molecule has 0 unspecified atom stereocenters. The van der Waals surface area contributed by atoms with E-state index >= 15 is 0 Å². The highest BCUT2D eigenvalue weighted by Gasteiger charge is 2.25. The first-order chi connectivity index (χ1) is 12.7. The number of hydrogen-bond acceptors (Lipinski definition) is 5. The Balaban J connectivity index is 1.48. The number of carbonyl (C=O) groups excluding carboxylic acids is 1. The smallest absolute Gasteiger partial charge is 0.259 e. The van der Waals surface area contributed by atoms with Crippen molar-refractivity contribution in [3.8, 4) is 0 Å². The van der Waals surface area contributed by atoms with Crippen molar-refractivity contribution in [3.63, 3.8) is 0 Å². The zero-order chi connectivity index (χ0) is 17.9. The van der Waals surface area contributed by atoms with Crippen molar-refractivity contribution in [2.45, 2.75) is 13.0 Å². The lowest BCUT2D eigenvalue weighted by atomic mass is 10.2. The van der Waals surface area contributed by atoms with Gasteiger partial charge in [0.25, 0.3) is 5.91 Å². The molecule has 4 rings (SSSR count). The predicted octanol–water partition coefficient (Wildman–Crippen LogP) is 2.71. The molecular formula is C20H19N5O. The van der Waals surface area contributed by atoms with Gasteiger partial charge in [-0.15, -0.1) is 0 Å². The molecule has 0 radical (unpaired) electrons. The van der Waals surface area contributed by atoms with Gasteiger partial charge in [-0.05, 0) is 30.2 Å². The van der Waals surface area contributed by atoms with E-state index in [2.05, 4.69) is 21.0 Å². The van der Waals surface area contributed by atoms with Crippen molar-refractivity contribution < 1.29 is 4.79 Å². The Morgan fingerprint density at radius 2 is 2.00 bits per heavy atom. The first-order valence-corrected chi connectivity index (χ1v) is 8.54. The topological polar surface area (TPSA) is 62.2 Å². The SMILES string of the molecule is CN(Cc1cnccn1)c1ccc(C(=O)N2CCc3ccccc32)cn1. The van der Waals surface area contributed by atoms with Gasteiger partial charge in [-0.2, -0.15) is 0 Å². The number of benzene rings is 1. The highest BCUT2D eigenvalue weighted by Crippen LogP contribution is 2.28. The van der Waals surface area contributed by atoms with Crippen LogP contribution in [-0.2, 0) is 13.0 Å². The lowest BCUT2D eigenvalue weighted by Gasteiger charge is -2.19. The maximum atomic E-state index is 12.8. The molecule has 3 aromatic rings. The number of para-hydroxylation sites is 1. The fraction of sp³-hybridized carbons (Fsp3) is 0.200. The van der Waals surface area contributed by atoms with Gasteiger partial charge in [0, 0.05) is 37.9 Å². The number of hydrogen-bond donors (Lipinski definition) is 0. The number of anilines is 2. The lowest BCUT2D eigenvalue weighted by molar-refractivity contribution is 0.0989.